The van der Waals surface area contributed by atoms with Gasteiger partial charge >= 0.3 is 6.18 Å². The predicted octanol–water partition coefficient (Wildman–Crippen LogP) is 4.98. The van der Waals surface area contributed by atoms with E-state index in [1.165, 1.54) is 6.07 Å². The van der Waals surface area contributed by atoms with Crippen LogP contribution >= 0.6 is 0 Å². The second-order valence-corrected chi connectivity index (χ2v) is 9.86. The van der Waals surface area contributed by atoms with Crippen molar-refractivity contribution in [2.45, 2.75) is 56.3 Å². The smallest absolute Gasteiger partial charge is 0.333 e. The Hall–Kier alpha value is -2.97. The number of hydrogen-bond acceptors (Lipinski definition) is 4. The molecule has 0 spiro atoms. The van der Waals surface area contributed by atoms with Crippen molar-refractivity contribution in [3.63, 3.8) is 0 Å². The summed E-state index contributed by atoms with van der Waals surface area (Å²) >= 11 is 0. The Morgan fingerprint density at radius 2 is 1.94 bits per heavy atom. The number of pyridine rings is 1. The number of nitrogens with one attached hydrogen (secondary N) is 1. The van der Waals surface area contributed by atoms with Crippen molar-refractivity contribution in [2.75, 3.05) is 0 Å². The molecule has 174 valence electrons. The van der Waals surface area contributed by atoms with Crippen LogP contribution in [0.4, 0.5) is 17.6 Å². The number of aromatic nitrogens is 2. The number of halogens is 4. The minimum Gasteiger partial charge on any atom is -0.333 e. The Morgan fingerprint density at radius 3 is 2.45 bits per heavy atom. The van der Waals surface area contributed by atoms with Crippen molar-refractivity contribution in [3.8, 4) is 17.5 Å². The average Bonchev–Trinajstić information content (AvgIpc) is 3.03. The maximum Gasteiger partial charge on any atom is 0.404 e. The van der Waals surface area contributed by atoms with E-state index in [9.17, 15) is 26.9 Å². The Morgan fingerprint density at radius 1 is 1.24 bits per heavy atom. The number of hydrogen-bond donors (Lipinski definition) is 1. The first kappa shape index (κ1) is 23.2. The molecule has 1 aliphatic carbocycles. The summed E-state index contributed by atoms with van der Waals surface area (Å²) < 4.78 is 81.5. The van der Waals surface area contributed by atoms with Crippen LogP contribution in [0.15, 0.2) is 35.4 Å². The van der Waals surface area contributed by atoms with E-state index in [-0.39, 0.29) is 17.3 Å². The van der Waals surface area contributed by atoms with Gasteiger partial charge in [-0.3, -0.25) is 4.98 Å². The maximum absolute atomic E-state index is 15.1. The Labute approximate surface area is 187 Å². The molecule has 1 fully saturated rings. The number of benzene rings is 1. The fourth-order valence-corrected chi connectivity index (χ4v) is 5.06. The molecule has 2 heterocycles. The lowest BCUT2D eigenvalue weighted by atomic mass is 9.92. The lowest BCUT2D eigenvalue weighted by molar-refractivity contribution is -0.147. The van der Waals surface area contributed by atoms with E-state index in [0.29, 0.717) is 29.1 Å². The van der Waals surface area contributed by atoms with Crippen LogP contribution in [-0.4, -0.2) is 30.2 Å². The summed E-state index contributed by atoms with van der Waals surface area (Å²) in [6.07, 6.45) is -1.27. The van der Waals surface area contributed by atoms with E-state index in [0.717, 1.165) is 31.5 Å². The zero-order chi connectivity index (χ0) is 24.1. The first-order valence-corrected chi connectivity index (χ1v) is 11.7. The lowest BCUT2D eigenvalue weighted by Gasteiger charge is -2.30. The third-order valence-electron chi connectivity index (χ3n) is 5.96. The second kappa shape index (κ2) is 8.11. The first-order valence-electron chi connectivity index (χ1n) is 10.2. The van der Waals surface area contributed by atoms with Gasteiger partial charge in [0.2, 0.25) is 10.0 Å². The van der Waals surface area contributed by atoms with Gasteiger partial charge < -0.3 is 4.57 Å². The number of nitriles is 1. The van der Waals surface area contributed by atoms with Crippen molar-refractivity contribution >= 4 is 20.9 Å². The summed E-state index contributed by atoms with van der Waals surface area (Å²) in [6.45, 7) is 2.33. The van der Waals surface area contributed by atoms with E-state index < -0.39 is 33.0 Å². The Balaban J connectivity index is 1.84. The fourth-order valence-electron chi connectivity index (χ4n) is 3.88. The number of sulfonamides is 1. The number of alkyl halides is 3. The van der Waals surface area contributed by atoms with E-state index >= 15 is 4.39 Å². The van der Waals surface area contributed by atoms with Gasteiger partial charge in [0.1, 0.15) is 22.8 Å². The predicted molar refractivity (Wildman–Crippen MR) is 113 cm³/mol. The van der Waals surface area contributed by atoms with Gasteiger partial charge in [0.15, 0.2) is 0 Å². The van der Waals surface area contributed by atoms with Gasteiger partial charge in [-0.2, -0.15) is 23.2 Å². The molecule has 1 saturated carbocycles. The van der Waals surface area contributed by atoms with Crippen LogP contribution in [0.2, 0.25) is 0 Å². The number of fused-ring (bicyclic) bond motifs is 1. The van der Waals surface area contributed by atoms with Crippen molar-refractivity contribution in [2.24, 2.45) is 0 Å². The van der Waals surface area contributed by atoms with E-state index in [2.05, 4.69) is 11.1 Å². The van der Waals surface area contributed by atoms with Crippen LogP contribution in [0, 0.1) is 24.1 Å². The molecule has 33 heavy (non-hydrogen) atoms. The summed E-state index contributed by atoms with van der Waals surface area (Å²) in [6, 6.07) is 5.50. The van der Waals surface area contributed by atoms with Crippen LogP contribution in [0.3, 0.4) is 0 Å². The van der Waals surface area contributed by atoms with E-state index in [4.69, 9.17) is 0 Å². The van der Waals surface area contributed by atoms with Crippen LogP contribution in [0.5, 0.6) is 0 Å². The molecular formula is C22H20F4N4O2S. The monoisotopic (exact) mass is 480 g/mol. The highest BCUT2D eigenvalue weighted by Gasteiger charge is 2.39. The normalized spacial score (nSPS) is 15.9. The summed E-state index contributed by atoms with van der Waals surface area (Å²) in [5.74, 6) is -0.438. The Bertz CT molecular complexity index is 1370. The molecule has 0 saturated heterocycles. The van der Waals surface area contributed by atoms with E-state index in [1.54, 1.807) is 28.3 Å². The van der Waals surface area contributed by atoms with Crippen molar-refractivity contribution < 1.29 is 26.0 Å². The highest BCUT2D eigenvalue weighted by Crippen LogP contribution is 2.43. The largest absolute Gasteiger partial charge is 0.404 e. The van der Waals surface area contributed by atoms with Gasteiger partial charge in [-0.15, -0.1) is 0 Å². The van der Waals surface area contributed by atoms with Gasteiger partial charge in [0.25, 0.3) is 0 Å². The average molecular weight is 480 g/mol. The molecule has 0 amide bonds. The summed E-state index contributed by atoms with van der Waals surface area (Å²) in [5.41, 5.74) is 1.53. The summed E-state index contributed by atoms with van der Waals surface area (Å²) in [4.78, 5) is 3.70. The van der Waals surface area contributed by atoms with Crippen molar-refractivity contribution in [3.05, 3.63) is 47.4 Å². The molecule has 2 aromatic heterocycles. The molecular weight excluding hydrogens is 460 g/mol. The summed E-state index contributed by atoms with van der Waals surface area (Å²) in [7, 11) is -4.48. The van der Waals surface area contributed by atoms with Gasteiger partial charge in [-0.25, -0.2) is 12.8 Å². The summed E-state index contributed by atoms with van der Waals surface area (Å²) in [5, 5.41) is 10.3. The van der Waals surface area contributed by atoms with Crippen LogP contribution < -0.4 is 4.72 Å². The highest BCUT2D eigenvalue weighted by molar-refractivity contribution is 7.89. The topological polar surface area (TPSA) is 87.8 Å². The van der Waals surface area contributed by atoms with Gasteiger partial charge in [-0.05, 0) is 50.8 Å². The molecule has 1 aromatic carbocycles. The molecule has 0 aliphatic heterocycles. The standard InChI is InChI=1S/C22H20F4N4O2S/c1-12-6-8-16-17(10-27)20(30(14-4-3-5-14)21(16)19(12)23)18-9-7-15(11-28-18)33(31,32)29-13(2)22(24,25)26/h6-9,11,13-14,29H,3-5H2,1-2H3/t13-/m0/s1. The van der Waals surface area contributed by atoms with Crippen molar-refractivity contribution in [1.29, 1.82) is 5.26 Å². The first-order chi connectivity index (χ1) is 15.5. The molecule has 0 bridgehead atoms. The number of nitrogens with zero attached hydrogens (tertiary/aromatic N) is 3. The van der Waals surface area contributed by atoms with Crippen LogP contribution in [-0.2, 0) is 10.0 Å². The molecule has 0 radical (unpaired) electrons. The van der Waals surface area contributed by atoms with E-state index in [1.807, 2.05) is 0 Å². The minimum atomic E-state index is -4.74. The SMILES string of the molecule is Cc1ccc2c(C#N)c(-c3ccc(S(=O)(=O)N[C@@H](C)C(F)(F)F)cn3)n(C3CCC3)c2c1F. The molecule has 1 aliphatic rings. The molecule has 1 atom stereocenters. The Kier molecular flexibility index (Phi) is 5.70. The maximum atomic E-state index is 15.1. The quantitative estimate of drug-likeness (QED) is 0.522. The molecule has 0 unspecified atom stereocenters. The second-order valence-electron chi connectivity index (χ2n) is 8.15. The molecule has 11 heteroatoms. The highest BCUT2D eigenvalue weighted by atomic mass is 32.2. The lowest BCUT2D eigenvalue weighted by Crippen LogP contribution is -2.42. The third kappa shape index (κ3) is 3.98. The zero-order valence-electron chi connectivity index (χ0n) is 17.7. The number of rotatable bonds is 5. The molecule has 1 N–H and O–H groups in total. The number of aryl methyl sites for hydroxylation is 1. The fraction of sp³-hybridized carbons (Fsp3) is 0.364. The minimum absolute atomic E-state index is 0.0413. The molecule has 4 rings (SSSR count). The van der Waals surface area contributed by atoms with Gasteiger partial charge in [-0.1, -0.05) is 12.1 Å². The molecule has 3 aromatic rings. The molecule has 6 nitrogen and oxygen atoms in total. The van der Waals surface area contributed by atoms with Gasteiger partial charge in [0.05, 0.1) is 22.5 Å². The zero-order valence-corrected chi connectivity index (χ0v) is 18.6. The van der Waals surface area contributed by atoms with Gasteiger partial charge in [0, 0.05) is 17.6 Å². The third-order valence-corrected chi connectivity index (χ3v) is 7.49. The van der Waals surface area contributed by atoms with Crippen LogP contribution in [0.1, 0.15) is 43.4 Å². The van der Waals surface area contributed by atoms with Crippen molar-refractivity contribution in [1.82, 2.24) is 14.3 Å². The van der Waals surface area contributed by atoms with Crippen LogP contribution in [0.25, 0.3) is 22.3 Å².